The molecule has 2 aromatic rings. The average Bonchev–Trinajstić information content (AvgIpc) is 2.79. The number of esters is 1. The third kappa shape index (κ3) is 6.01. The van der Waals surface area contributed by atoms with E-state index in [1.54, 1.807) is 0 Å². The maximum absolute atomic E-state index is 13.2. The van der Waals surface area contributed by atoms with Crippen molar-refractivity contribution >= 4 is 16.0 Å². The number of carbonyl (C=O) groups is 1. The molecule has 0 aliphatic carbocycles. The highest BCUT2D eigenvalue weighted by Gasteiger charge is 2.40. The SMILES string of the molecule is O=C(OCCCOc1ccccc1)C1CCN(S(=O)(=O)c2ccccc2C(F)(F)F)CC1. The van der Waals surface area contributed by atoms with E-state index in [2.05, 4.69) is 0 Å². The number of alkyl halides is 3. The van der Waals surface area contributed by atoms with Gasteiger partial charge in [0.15, 0.2) is 0 Å². The van der Waals surface area contributed by atoms with Crippen LogP contribution >= 0.6 is 0 Å². The van der Waals surface area contributed by atoms with Crippen LogP contribution in [0.25, 0.3) is 0 Å². The van der Waals surface area contributed by atoms with Gasteiger partial charge in [-0.2, -0.15) is 17.5 Å². The van der Waals surface area contributed by atoms with Crippen LogP contribution in [-0.2, 0) is 25.7 Å². The van der Waals surface area contributed by atoms with E-state index in [-0.39, 0.29) is 32.5 Å². The van der Waals surface area contributed by atoms with E-state index in [4.69, 9.17) is 9.47 Å². The van der Waals surface area contributed by atoms with Crippen LogP contribution in [0.5, 0.6) is 5.75 Å². The summed E-state index contributed by atoms with van der Waals surface area (Å²) >= 11 is 0. The number of rotatable bonds is 8. The molecule has 0 atom stereocenters. The highest BCUT2D eigenvalue weighted by Crippen LogP contribution is 2.36. The van der Waals surface area contributed by atoms with Crippen LogP contribution in [0, 0.1) is 5.92 Å². The fourth-order valence-electron chi connectivity index (χ4n) is 3.45. The molecule has 0 amide bonds. The molecule has 0 unspecified atom stereocenters. The minimum Gasteiger partial charge on any atom is -0.493 e. The third-order valence-corrected chi connectivity index (χ3v) is 7.10. The number of carbonyl (C=O) groups excluding carboxylic acids is 1. The summed E-state index contributed by atoms with van der Waals surface area (Å²) in [7, 11) is -4.33. The number of ether oxygens (including phenoxy) is 2. The average molecular weight is 471 g/mol. The Hall–Kier alpha value is -2.59. The van der Waals surface area contributed by atoms with E-state index in [0.29, 0.717) is 13.0 Å². The first-order valence-electron chi connectivity index (χ1n) is 10.2. The molecule has 0 radical (unpaired) electrons. The van der Waals surface area contributed by atoms with Gasteiger partial charge >= 0.3 is 12.1 Å². The summed E-state index contributed by atoms with van der Waals surface area (Å²) in [5.74, 6) is -0.202. The molecular weight excluding hydrogens is 447 g/mol. The Balaban J connectivity index is 1.48. The molecule has 1 heterocycles. The van der Waals surface area contributed by atoms with Gasteiger partial charge in [-0.1, -0.05) is 30.3 Å². The zero-order valence-electron chi connectivity index (χ0n) is 17.3. The van der Waals surface area contributed by atoms with Crippen molar-refractivity contribution in [1.82, 2.24) is 4.31 Å². The lowest BCUT2D eigenvalue weighted by atomic mass is 9.98. The number of benzene rings is 2. The lowest BCUT2D eigenvalue weighted by molar-refractivity contribution is -0.150. The molecule has 1 fully saturated rings. The molecule has 32 heavy (non-hydrogen) atoms. The van der Waals surface area contributed by atoms with Gasteiger partial charge in [0.05, 0.1) is 29.6 Å². The number of hydrogen-bond donors (Lipinski definition) is 0. The molecule has 0 saturated carbocycles. The van der Waals surface area contributed by atoms with E-state index in [0.717, 1.165) is 28.3 Å². The highest BCUT2D eigenvalue weighted by molar-refractivity contribution is 7.89. The Morgan fingerprint density at radius 2 is 1.59 bits per heavy atom. The quantitative estimate of drug-likeness (QED) is 0.428. The summed E-state index contributed by atoms with van der Waals surface area (Å²) < 4.78 is 77.0. The van der Waals surface area contributed by atoms with Gasteiger partial charge in [-0.3, -0.25) is 4.79 Å². The summed E-state index contributed by atoms with van der Waals surface area (Å²) in [5.41, 5.74) is -1.20. The fourth-order valence-corrected chi connectivity index (χ4v) is 5.13. The van der Waals surface area contributed by atoms with Crippen LogP contribution in [-0.4, -0.2) is 45.0 Å². The predicted molar refractivity (Wildman–Crippen MR) is 110 cm³/mol. The summed E-state index contributed by atoms with van der Waals surface area (Å²) in [6, 6.07) is 13.3. The van der Waals surface area contributed by atoms with Gasteiger partial charge in [-0.05, 0) is 37.1 Å². The van der Waals surface area contributed by atoms with E-state index >= 15 is 0 Å². The van der Waals surface area contributed by atoms with E-state index < -0.39 is 38.5 Å². The van der Waals surface area contributed by atoms with Crippen molar-refractivity contribution in [3.63, 3.8) is 0 Å². The van der Waals surface area contributed by atoms with Crippen molar-refractivity contribution in [2.45, 2.75) is 30.3 Å². The minimum absolute atomic E-state index is 0.0502. The van der Waals surface area contributed by atoms with Crippen LogP contribution < -0.4 is 4.74 Å². The van der Waals surface area contributed by atoms with Crippen molar-refractivity contribution in [3.8, 4) is 5.75 Å². The zero-order valence-corrected chi connectivity index (χ0v) is 18.1. The number of nitrogens with zero attached hydrogens (tertiary/aromatic N) is 1. The standard InChI is InChI=1S/C22H24F3NO5S/c23-22(24,25)19-9-4-5-10-20(19)32(28,29)26-13-11-17(12-14-26)21(27)31-16-6-15-30-18-7-2-1-3-8-18/h1-5,7-10,17H,6,11-16H2. The van der Waals surface area contributed by atoms with Gasteiger partial charge in [-0.15, -0.1) is 0 Å². The topological polar surface area (TPSA) is 72.9 Å². The van der Waals surface area contributed by atoms with Crippen LogP contribution in [0.3, 0.4) is 0 Å². The Bertz CT molecular complexity index is 1000. The monoisotopic (exact) mass is 471 g/mol. The molecule has 0 N–H and O–H groups in total. The first kappa shape index (κ1) is 24.1. The van der Waals surface area contributed by atoms with E-state index in [1.165, 1.54) is 6.07 Å². The third-order valence-electron chi connectivity index (χ3n) is 5.14. The van der Waals surface area contributed by atoms with Gasteiger partial charge in [0, 0.05) is 19.5 Å². The molecular formula is C22H24F3NO5S. The van der Waals surface area contributed by atoms with Crippen LogP contribution in [0.4, 0.5) is 13.2 Å². The molecule has 1 saturated heterocycles. The molecule has 174 valence electrons. The van der Waals surface area contributed by atoms with Gasteiger partial charge in [-0.25, -0.2) is 8.42 Å². The first-order valence-corrected chi connectivity index (χ1v) is 11.6. The Morgan fingerprint density at radius 1 is 0.969 bits per heavy atom. The van der Waals surface area contributed by atoms with Gasteiger partial charge in [0.2, 0.25) is 10.0 Å². The van der Waals surface area contributed by atoms with Gasteiger partial charge in [0.25, 0.3) is 0 Å². The van der Waals surface area contributed by atoms with E-state index in [1.807, 2.05) is 30.3 Å². The number of piperidine rings is 1. The highest BCUT2D eigenvalue weighted by atomic mass is 32.2. The van der Waals surface area contributed by atoms with E-state index in [9.17, 15) is 26.4 Å². The van der Waals surface area contributed by atoms with Crippen LogP contribution in [0.1, 0.15) is 24.8 Å². The number of halogens is 3. The number of hydrogen-bond acceptors (Lipinski definition) is 5. The maximum Gasteiger partial charge on any atom is 0.417 e. The number of sulfonamides is 1. The molecule has 0 aromatic heterocycles. The predicted octanol–water partition coefficient (Wildman–Crippen LogP) is 4.12. The molecule has 2 aromatic carbocycles. The zero-order chi connectivity index (χ0) is 23.2. The lowest BCUT2D eigenvalue weighted by Gasteiger charge is -2.30. The second kappa shape index (κ2) is 10.4. The molecule has 3 rings (SSSR count). The molecule has 0 spiro atoms. The Morgan fingerprint density at radius 3 is 2.25 bits per heavy atom. The smallest absolute Gasteiger partial charge is 0.417 e. The summed E-state index contributed by atoms with van der Waals surface area (Å²) in [6.45, 7) is 0.451. The van der Waals surface area contributed by atoms with Crippen molar-refractivity contribution in [2.24, 2.45) is 5.92 Å². The molecule has 1 aliphatic rings. The molecule has 10 heteroatoms. The maximum atomic E-state index is 13.2. The van der Waals surface area contributed by atoms with Crippen molar-refractivity contribution in [1.29, 1.82) is 0 Å². The molecule has 0 bridgehead atoms. The first-order chi connectivity index (χ1) is 15.2. The summed E-state index contributed by atoms with van der Waals surface area (Å²) in [4.78, 5) is 11.5. The summed E-state index contributed by atoms with van der Waals surface area (Å²) in [6.07, 6.45) is -3.91. The second-order valence-electron chi connectivity index (χ2n) is 7.35. The second-order valence-corrected chi connectivity index (χ2v) is 9.26. The summed E-state index contributed by atoms with van der Waals surface area (Å²) in [5, 5.41) is 0. The minimum atomic E-state index is -4.78. The van der Waals surface area contributed by atoms with Gasteiger partial charge in [0.1, 0.15) is 5.75 Å². The Labute approximate surface area is 185 Å². The normalized spacial score (nSPS) is 16.0. The Kier molecular flexibility index (Phi) is 7.78. The molecule has 1 aliphatic heterocycles. The fraction of sp³-hybridized carbons (Fsp3) is 0.409. The lowest BCUT2D eigenvalue weighted by Crippen LogP contribution is -2.41. The number of para-hydroxylation sites is 1. The van der Waals surface area contributed by atoms with Crippen LogP contribution in [0.2, 0.25) is 0 Å². The van der Waals surface area contributed by atoms with Gasteiger partial charge < -0.3 is 9.47 Å². The largest absolute Gasteiger partial charge is 0.493 e. The van der Waals surface area contributed by atoms with Crippen LogP contribution in [0.15, 0.2) is 59.5 Å². The van der Waals surface area contributed by atoms with Crippen molar-refractivity contribution < 1.29 is 35.9 Å². The van der Waals surface area contributed by atoms with Crippen molar-refractivity contribution in [3.05, 3.63) is 60.2 Å². The molecule has 6 nitrogen and oxygen atoms in total. The van der Waals surface area contributed by atoms with Crippen molar-refractivity contribution in [2.75, 3.05) is 26.3 Å².